The van der Waals surface area contributed by atoms with E-state index >= 15 is 0 Å². The van der Waals surface area contributed by atoms with Gasteiger partial charge in [-0.15, -0.1) is 0 Å². The van der Waals surface area contributed by atoms with Crippen LogP contribution in [0.25, 0.3) is 0 Å². The molecule has 1 saturated heterocycles. The van der Waals surface area contributed by atoms with Crippen LogP contribution in [0.3, 0.4) is 0 Å². The van der Waals surface area contributed by atoms with E-state index in [1.54, 1.807) is 13.1 Å². The zero-order valence-corrected chi connectivity index (χ0v) is 16.7. The van der Waals surface area contributed by atoms with Crippen LogP contribution in [0.5, 0.6) is 0 Å². The molecule has 1 saturated carbocycles. The van der Waals surface area contributed by atoms with E-state index in [1.807, 2.05) is 11.0 Å². The lowest BCUT2D eigenvalue weighted by molar-refractivity contribution is -0.136. The van der Waals surface area contributed by atoms with Crippen LogP contribution in [0.4, 0.5) is 0 Å². The van der Waals surface area contributed by atoms with Crippen LogP contribution in [0.2, 0.25) is 0 Å². The summed E-state index contributed by atoms with van der Waals surface area (Å²) in [7, 11) is 0. The molecule has 1 aromatic carbocycles. The van der Waals surface area contributed by atoms with Crippen molar-refractivity contribution in [2.24, 2.45) is 0 Å². The monoisotopic (exact) mass is 381 g/mol. The molecule has 1 N–H and O–H groups in total. The van der Waals surface area contributed by atoms with E-state index in [1.165, 1.54) is 18.4 Å². The number of rotatable bonds is 5. The smallest absolute Gasteiger partial charge is 0.219 e. The van der Waals surface area contributed by atoms with Gasteiger partial charge >= 0.3 is 0 Å². The van der Waals surface area contributed by atoms with Gasteiger partial charge in [-0.2, -0.15) is 5.10 Å². The SMILES string of the molecule is CC(=O)N1CCCC(c2ccn[nH]2)[C@@H]1COC1CCC(c2ccccc2)CC1. The van der Waals surface area contributed by atoms with Gasteiger partial charge in [0.1, 0.15) is 0 Å². The largest absolute Gasteiger partial charge is 0.376 e. The summed E-state index contributed by atoms with van der Waals surface area (Å²) in [4.78, 5) is 14.2. The molecule has 1 aliphatic heterocycles. The molecule has 4 rings (SSSR count). The normalized spacial score (nSPS) is 28.2. The van der Waals surface area contributed by atoms with Crippen LogP contribution in [-0.4, -0.2) is 46.3 Å². The first-order valence-electron chi connectivity index (χ1n) is 10.7. The molecule has 2 fully saturated rings. The number of piperidine rings is 1. The molecule has 1 amide bonds. The molecule has 28 heavy (non-hydrogen) atoms. The number of benzene rings is 1. The molecular formula is C23H31N3O2. The lowest BCUT2D eigenvalue weighted by atomic mass is 9.82. The highest BCUT2D eigenvalue weighted by Gasteiger charge is 2.35. The van der Waals surface area contributed by atoms with Crippen LogP contribution >= 0.6 is 0 Å². The van der Waals surface area contributed by atoms with Crippen LogP contribution in [-0.2, 0) is 9.53 Å². The van der Waals surface area contributed by atoms with Crippen molar-refractivity contribution in [3.05, 3.63) is 53.9 Å². The standard InChI is InChI=1S/C23H31N3O2/c1-17(27)26-15-5-8-21(22-13-14-24-25-22)23(26)16-28-20-11-9-19(10-12-20)18-6-3-2-4-7-18/h2-4,6-7,13-14,19-21,23H,5,8-12,15-16H2,1H3,(H,24,25)/t19?,20?,21?,23-/m0/s1. The molecule has 1 unspecified atom stereocenters. The highest BCUT2D eigenvalue weighted by atomic mass is 16.5. The topological polar surface area (TPSA) is 58.2 Å². The molecule has 2 atom stereocenters. The number of nitrogens with one attached hydrogen (secondary N) is 1. The maximum absolute atomic E-state index is 12.2. The minimum absolute atomic E-state index is 0.0959. The third kappa shape index (κ3) is 4.30. The summed E-state index contributed by atoms with van der Waals surface area (Å²) in [6.45, 7) is 3.12. The van der Waals surface area contributed by atoms with Crippen LogP contribution in [0, 0.1) is 0 Å². The fraction of sp³-hybridized carbons (Fsp3) is 0.565. The van der Waals surface area contributed by atoms with E-state index in [2.05, 4.69) is 40.5 Å². The number of hydrogen-bond acceptors (Lipinski definition) is 3. The van der Waals surface area contributed by atoms with Gasteiger partial charge < -0.3 is 9.64 Å². The molecule has 1 aliphatic carbocycles. The second kappa shape index (κ2) is 8.91. The van der Waals surface area contributed by atoms with Crippen molar-refractivity contribution in [3.8, 4) is 0 Å². The highest BCUT2D eigenvalue weighted by Crippen LogP contribution is 2.36. The van der Waals surface area contributed by atoms with Crippen molar-refractivity contribution in [2.75, 3.05) is 13.2 Å². The molecule has 1 aromatic heterocycles. The van der Waals surface area contributed by atoms with Crippen molar-refractivity contribution >= 4 is 5.91 Å². The zero-order chi connectivity index (χ0) is 19.3. The number of likely N-dealkylation sites (tertiary alicyclic amines) is 1. The van der Waals surface area contributed by atoms with Crippen LogP contribution in [0.1, 0.15) is 68.5 Å². The number of aromatic nitrogens is 2. The maximum atomic E-state index is 12.2. The first-order valence-corrected chi connectivity index (χ1v) is 10.7. The van der Waals surface area contributed by atoms with E-state index in [-0.39, 0.29) is 17.9 Å². The number of H-pyrrole nitrogens is 1. The molecule has 0 spiro atoms. The Morgan fingerprint density at radius 1 is 1.14 bits per heavy atom. The summed E-state index contributed by atoms with van der Waals surface area (Å²) < 4.78 is 6.39. The van der Waals surface area contributed by atoms with E-state index < -0.39 is 0 Å². The van der Waals surface area contributed by atoms with Crippen molar-refractivity contribution in [3.63, 3.8) is 0 Å². The minimum atomic E-state index is 0.0959. The van der Waals surface area contributed by atoms with Crippen molar-refractivity contribution < 1.29 is 9.53 Å². The summed E-state index contributed by atoms with van der Waals surface area (Å²) in [6, 6.07) is 13.0. The number of aromatic amines is 1. The average molecular weight is 382 g/mol. The molecule has 5 nitrogen and oxygen atoms in total. The lowest BCUT2D eigenvalue weighted by Crippen LogP contribution is -2.49. The van der Waals surface area contributed by atoms with Crippen LogP contribution < -0.4 is 0 Å². The number of amides is 1. The summed E-state index contributed by atoms with van der Waals surface area (Å²) in [6.07, 6.45) is 8.76. The van der Waals surface area contributed by atoms with Gasteiger partial charge in [-0.3, -0.25) is 9.89 Å². The van der Waals surface area contributed by atoms with Gasteiger partial charge in [0.25, 0.3) is 0 Å². The quantitative estimate of drug-likeness (QED) is 0.842. The Labute approximate surface area is 167 Å². The Morgan fingerprint density at radius 2 is 1.93 bits per heavy atom. The van der Waals surface area contributed by atoms with Crippen molar-refractivity contribution in [1.29, 1.82) is 0 Å². The second-order valence-corrected chi connectivity index (χ2v) is 8.26. The molecule has 5 heteroatoms. The van der Waals surface area contributed by atoms with Gasteiger partial charge in [0.15, 0.2) is 0 Å². The minimum Gasteiger partial charge on any atom is -0.376 e. The zero-order valence-electron chi connectivity index (χ0n) is 16.7. The molecule has 2 aromatic rings. The lowest BCUT2D eigenvalue weighted by Gasteiger charge is -2.41. The Hall–Kier alpha value is -2.14. The van der Waals surface area contributed by atoms with E-state index in [0.29, 0.717) is 18.6 Å². The number of carbonyl (C=O) groups is 1. The number of nitrogens with zero attached hydrogens (tertiary/aromatic N) is 2. The predicted octanol–water partition coefficient (Wildman–Crippen LogP) is 4.25. The van der Waals surface area contributed by atoms with Gasteiger partial charge in [-0.25, -0.2) is 0 Å². The summed E-state index contributed by atoms with van der Waals surface area (Å²) in [5.74, 6) is 1.08. The molecule has 0 bridgehead atoms. The van der Waals surface area contributed by atoms with E-state index in [0.717, 1.165) is 37.9 Å². The molecule has 150 valence electrons. The molecule has 0 radical (unpaired) electrons. The fourth-order valence-corrected chi connectivity index (χ4v) is 5.01. The summed E-state index contributed by atoms with van der Waals surface area (Å²) in [5.41, 5.74) is 2.57. The Bertz CT molecular complexity index is 738. The van der Waals surface area contributed by atoms with Gasteiger partial charge in [0.05, 0.1) is 18.8 Å². The highest BCUT2D eigenvalue weighted by molar-refractivity contribution is 5.74. The summed E-state index contributed by atoms with van der Waals surface area (Å²) in [5, 5.41) is 7.23. The Balaban J connectivity index is 1.36. The third-order valence-corrected chi connectivity index (χ3v) is 6.55. The van der Waals surface area contributed by atoms with Crippen LogP contribution in [0.15, 0.2) is 42.6 Å². The molecule has 2 heterocycles. The van der Waals surface area contributed by atoms with Gasteiger partial charge in [-0.05, 0) is 56.1 Å². The first kappa shape index (κ1) is 19.2. The van der Waals surface area contributed by atoms with Crippen molar-refractivity contribution in [1.82, 2.24) is 15.1 Å². The predicted molar refractivity (Wildman–Crippen MR) is 109 cm³/mol. The molecule has 2 aliphatic rings. The summed E-state index contributed by atoms with van der Waals surface area (Å²) >= 11 is 0. The average Bonchev–Trinajstić information content (AvgIpc) is 3.27. The fourth-order valence-electron chi connectivity index (χ4n) is 5.01. The third-order valence-electron chi connectivity index (χ3n) is 6.55. The Kier molecular flexibility index (Phi) is 6.10. The molecular weight excluding hydrogens is 350 g/mol. The number of carbonyl (C=O) groups excluding carboxylic acids is 1. The number of ether oxygens (including phenoxy) is 1. The van der Waals surface area contributed by atoms with Crippen molar-refractivity contribution in [2.45, 2.75) is 69.4 Å². The first-order chi connectivity index (χ1) is 13.7. The van der Waals surface area contributed by atoms with Gasteiger partial charge in [0, 0.05) is 31.3 Å². The Morgan fingerprint density at radius 3 is 2.61 bits per heavy atom. The number of hydrogen-bond donors (Lipinski definition) is 1. The van der Waals surface area contributed by atoms with Gasteiger partial charge in [0.2, 0.25) is 5.91 Å². The maximum Gasteiger partial charge on any atom is 0.219 e. The second-order valence-electron chi connectivity index (χ2n) is 8.26. The van der Waals surface area contributed by atoms with E-state index in [4.69, 9.17) is 4.74 Å². The van der Waals surface area contributed by atoms with E-state index in [9.17, 15) is 4.79 Å². The van der Waals surface area contributed by atoms with Gasteiger partial charge in [-0.1, -0.05) is 30.3 Å².